The summed E-state index contributed by atoms with van der Waals surface area (Å²) < 4.78 is 6.11. The fraction of sp³-hybridized carbons (Fsp3) is 0.542. The van der Waals surface area contributed by atoms with Crippen molar-refractivity contribution in [3.05, 3.63) is 29.7 Å². The number of pyridine rings is 1. The maximum Gasteiger partial charge on any atom is 0.224 e. The number of halogens is 1. The standard InChI is InChI=1S/C24H33N5O4.ClH/c1-5-16-6-14-8-18(33-19(14)10-25-16)20-13(4)27-24(26-9-12(2)3)29-23(20)28-17-7-15(11-30)21(31)22(17)32;/h6,8,10,12,15,17,21-22,30-32H,5,7,9,11H2,1-4H3,(H2,26,27,28,29);1H/t15-,17-,21-,22+;/m1./s1. The molecular formula is C24H34ClN5O4. The number of aliphatic hydroxyl groups excluding tert-OH is 3. The molecule has 3 heterocycles. The van der Waals surface area contributed by atoms with Crippen LogP contribution in [-0.4, -0.2) is 61.7 Å². The molecule has 3 aromatic heterocycles. The van der Waals surface area contributed by atoms with Crippen molar-refractivity contribution in [2.75, 3.05) is 23.8 Å². The molecule has 0 spiro atoms. The average molecular weight is 492 g/mol. The van der Waals surface area contributed by atoms with E-state index in [1.807, 2.05) is 19.1 Å². The van der Waals surface area contributed by atoms with Crippen LogP contribution in [0.3, 0.4) is 0 Å². The Kier molecular flexibility index (Phi) is 8.35. The van der Waals surface area contributed by atoms with Gasteiger partial charge in [0.15, 0.2) is 5.58 Å². The van der Waals surface area contributed by atoms with Gasteiger partial charge < -0.3 is 30.4 Å². The lowest BCUT2D eigenvalue weighted by atomic mass is 10.1. The van der Waals surface area contributed by atoms with Crippen molar-refractivity contribution < 1.29 is 19.7 Å². The third-order valence-electron chi connectivity index (χ3n) is 6.19. The molecule has 4 rings (SSSR count). The zero-order valence-corrected chi connectivity index (χ0v) is 20.8. The third-order valence-corrected chi connectivity index (χ3v) is 6.19. The molecule has 186 valence electrons. The lowest BCUT2D eigenvalue weighted by Gasteiger charge is -2.21. The molecule has 1 saturated carbocycles. The molecule has 0 radical (unpaired) electrons. The Morgan fingerprint density at radius 2 is 1.94 bits per heavy atom. The van der Waals surface area contributed by atoms with Crippen LogP contribution in [0.5, 0.6) is 0 Å². The smallest absolute Gasteiger partial charge is 0.224 e. The van der Waals surface area contributed by atoms with Gasteiger partial charge in [0.1, 0.15) is 17.7 Å². The molecule has 10 heteroatoms. The Labute approximate surface area is 205 Å². The highest BCUT2D eigenvalue weighted by Gasteiger charge is 2.41. The number of fused-ring (bicyclic) bond motifs is 1. The van der Waals surface area contributed by atoms with Gasteiger partial charge in [-0.2, -0.15) is 4.98 Å². The van der Waals surface area contributed by atoms with Crippen molar-refractivity contribution in [1.29, 1.82) is 0 Å². The van der Waals surface area contributed by atoms with Gasteiger partial charge in [-0.15, -0.1) is 12.4 Å². The van der Waals surface area contributed by atoms with Crippen molar-refractivity contribution in [1.82, 2.24) is 15.0 Å². The molecular weight excluding hydrogens is 458 g/mol. The Bertz CT molecular complexity index is 1120. The quantitative estimate of drug-likeness (QED) is 0.321. The van der Waals surface area contributed by atoms with E-state index in [0.717, 1.165) is 17.5 Å². The van der Waals surface area contributed by atoms with Gasteiger partial charge in [0.05, 0.1) is 29.6 Å². The molecule has 0 amide bonds. The minimum absolute atomic E-state index is 0. The van der Waals surface area contributed by atoms with Crippen LogP contribution in [0.15, 0.2) is 22.7 Å². The van der Waals surface area contributed by atoms with E-state index in [0.29, 0.717) is 53.3 Å². The number of rotatable bonds is 8. The van der Waals surface area contributed by atoms with E-state index in [-0.39, 0.29) is 19.0 Å². The van der Waals surface area contributed by atoms with Gasteiger partial charge in [0, 0.05) is 30.1 Å². The average Bonchev–Trinajstić information content (AvgIpc) is 3.32. The minimum Gasteiger partial charge on any atom is -0.454 e. The number of hydrogen-bond acceptors (Lipinski definition) is 9. The molecule has 9 nitrogen and oxygen atoms in total. The van der Waals surface area contributed by atoms with Crippen LogP contribution in [-0.2, 0) is 6.42 Å². The second-order valence-corrected chi connectivity index (χ2v) is 9.22. The van der Waals surface area contributed by atoms with Crippen LogP contribution < -0.4 is 10.6 Å². The molecule has 0 aromatic carbocycles. The molecule has 3 aromatic rings. The first-order valence-electron chi connectivity index (χ1n) is 11.6. The number of aryl methyl sites for hydroxylation is 2. The minimum atomic E-state index is -1.02. The highest BCUT2D eigenvalue weighted by atomic mass is 35.5. The Morgan fingerprint density at radius 3 is 2.59 bits per heavy atom. The molecule has 1 aliphatic rings. The first kappa shape index (κ1) is 26.2. The van der Waals surface area contributed by atoms with Crippen molar-refractivity contribution in [2.24, 2.45) is 11.8 Å². The van der Waals surface area contributed by atoms with Gasteiger partial charge in [-0.25, -0.2) is 4.98 Å². The summed E-state index contributed by atoms with van der Waals surface area (Å²) in [7, 11) is 0. The van der Waals surface area contributed by atoms with E-state index in [1.54, 1.807) is 6.20 Å². The summed E-state index contributed by atoms with van der Waals surface area (Å²) in [5.74, 6) is 1.60. The summed E-state index contributed by atoms with van der Waals surface area (Å²) in [4.78, 5) is 13.7. The molecule has 0 unspecified atom stereocenters. The van der Waals surface area contributed by atoms with Gasteiger partial charge in [-0.3, -0.25) is 4.98 Å². The number of anilines is 2. The van der Waals surface area contributed by atoms with Gasteiger partial charge in [0.25, 0.3) is 0 Å². The summed E-state index contributed by atoms with van der Waals surface area (Å²) >= 11 is 0. The molecule has 0 bridgehead atoms. The predicted octanol–water partition coefficient (Wildman–Crippen LogP) is 3.16. The number of aromatic nitrogens is 3. The van der Waals surface area contributed by atoms with E-state index < -0.39 is 24.2 Å². The number of aliphatic hydroxyl groups is 3. The monoisotopic (exact) mass is 491 g/mol. The van der Waals surface area contributed by atoms with E-state index in [4.69, 9.17) is 9.40 Å². The SMILES string of the molecule is CCc1cc2cc(-c3c(C)nc(NCC(C)C)nc3N[C@@H]3C[C@H](CO)[C@@H](O)[C@H]3O)oc2cn1.Cl. The van der Waals surface area contributed by atoms with Gasteiger partial charge in [0.2, 0.25) is 5.95 Å². The molecule has 0 aliphatic heterocycles. The molecule has 4 atom stereocenters. The Hall–Kier alpha value is -2.46. The number of nitrogens with zero attached hydrogens (tertiary/aromatic N) is 3. The third kappa shape index (κ3) is 5.27. The second-order valence-electron chi connectivity index (χ2n) is 9.22. The summed E-state index contributed by atoms with van der Waals surface area (Å²) in [6, 6.07) is 3.48. The molecule has 1 fully saturated rings. The Morgan fingerprint density at radius 1 is 1.18 bits per heavy atom. The maximum absolute atomic E-state index is 10.6. The van der Waals surface area contributed by atoms with Crippen LogP contribution in [0.1, 0.15) is 38.6 Å². The Balaban J connectivity index is 0.00000324. The van der Waals surface area contributed by atoms with Crippen molar-refractivity contribution in [3.8, 4) is 11.3 Å². The first-order valence-corrected chi connectivity index (χ1v) is 11.6. The van der Waals surface area contributed by atoms with E-state index in [1.165, 1.54) is 0 Å². The summed E-state index contributed by atoms with van der Waals surface area (Å²) in [5, 5.41) is 37.9. The highest BCUT2D eigenvalue weighted by Crippen LogP contribution is 2.37. The van der Waals surface area contributed by atoms with Gasteiger partial charge in [-0.1, -0.05) is 20.8 Å². The van der Waals surface area contributed by atoms with E-state index >= 15 is 0 Å². The topological polar surface area (TPSA) is 137 Å². The lowest BCUT2D eigenvalue weighted by molar-refractivity contribution is 0.00446. The molecule has 5 N–H and O–H groups in total. The number of hydrogen-bond donors (Lipinski definition) is 5. The molecule has 1 aliphatic carbocycles. The number of furan rings is 1. The maximum atomic E-state index is 10.6. The largest absolute Gasteiger partial charge is 0.454 e. The van der Waals surface area contributed by atoms with Gasteiger partial charge in [-0.05, 0) is 37.8 Å². The van der Waals surface area contributed by atoms with Crippen LogP contribution in [0.2, 0.25) is 0 Å². The first-order chi connectivity index (χ1) is 15.8. The van der Waals surface area contributed by atoms with Crippen LogP contribution >= 0.6 is 12.4 Å². The molecule has 0 saturated heterocycles. The zero-order valence-electron chi connectivity index (χ0n) is 19.9. The fourth-order valence-corrected chi connectivity index (χ4v) is 4.28. The van der Waals surface area contributed by atoms with Crippen molar-refractivity contribution in [2.45, 2.75) is 58.8 Å². The van der Waals surface area contributed by atoms with E-state index in [2.05, 4.69) is 41.4 Å². The second kappa shape index (κ2) is 10.9. The summed E-state index contributed by atoms with van der Waals surface area (Å²) in [6.07, 6.45) is 0.948. The number of nitrogens with one attached hydrogen (secondary N) is 2. The molecule has 34 heavy (non-hydrogen) atoms. The summed E-state index contributed by atoms with van der Waals surface area (Å²) in [5.41, 5.74) is 3.06. The van der Waals surface area contributed by atoms with Crippen LogP contribution in [0, 0.1) is 18.8 Å². The lowest BCUT2D eigenvalue weighted by Crippen LogP contribution is -2.35. The van der Waals surface area contributed by atoms with Crippen molar-refractivity contribution >= 4 is 35.1 Å². The van der Waals surface area contributed by atoms with Gasteiger partial charge >= 0.3 is 0 Å². The van der Waals surface area contributed by atoms with E-state index in [9.17, 15) is 15.3 Å². The zero-order chi connectivity index (χ0) is 23.7. The normalized spacial score (nSPS) is 22.2. The fourth-order valence-electron chi connectivity index (χ4n) is 4.28. The van der Waals surface area contributed by atoms with Crippen molar-refractivity contribution in [3.63, 3.8) is 0 Å². The highest BCUT2D eigenvalue weighted by molar-refractivity contribution is 5.86. The van der Waals surface area contributed by atoms with Crippen LogP contribution in [0.25, 0.3) is 22.3 Å². The van der Waals surface area contributed by atoms with Crippen LogP contribution in [0.4, 0.5) is 11.8 Å². The predicted molar refractivity (Wildman–Crippen MR) is 134 cm³/mol. The summed E-state index contributed by atoms with van der Waals surface area (Å²) in [6.45, 7) is 8.67.